The largest absolute Gasteiger partial charge is 0.405 e. The highest BCUT2D eigenvalue weighted by atomic mass is 35.5. The Morgan fingerprint density at radius 3 is 2.74 bits per heavy atom. The number of carbonyl (C=O) groups excluding carboxylic acids is 1. The van der Waals surface area contributed by atoms with Gasteiger partial charge in [-0.2, -0.15) is 13.2 Å². The summed E-state index contributed by atoms with van der Waals surface area (Å²) >= 11 is 10.9. The number of carbonyl (C=O) groups is 1. The van der Waals surface area contributed by atoms with Crippen molar-refractivity contribution in [3.63, 3.8) is 0 Å². The number of benzene rings is 1. The number of H-pyrrole nitrogens is 1. The summed E-state index contributed by atoms with van der Waals surface area (Å²) in [7, 11) is 0. The molecular weight excluding hydrogens is 413 g/mol. The normalized spacial score (nSPS) is 16.4. The van der Waals surface area contributed by atoms with Crippen LogP contribution in [0.1, 0.15) is 22.9 Å². The first-order chi connectivity index (χ1) is 12.6. The van der Waals surface area contributed by atoms with E-state index >= 15 is 0 Å². The molecule has 0 fully saturated rings. The van der Waals surface area contributed by atoms with Crippen LogP contribution in [0.25, 0.3) is 0 Å². The van der Waals surface area contributed by atoms with Crippen molar-refractivity contribution in [2.24, 2.45) is 0 Å². The van der Waals surface area contributed by atoms with Crippen molar-refractivity contribution in [3.8, 4) is 0 Å². The summed E-state index contributed by atoms with van der Waals surface area (Å²) in [6.45, 7) is -1.27. The van der Waals surface area contributed by atoms with E-state index in [4.69, 9.17) is 23.8 Å². The Labute approximate surface area is 160 Å². The van der Waals surface area contributed by atoms with Gasteiger partial charge in [0.2, 0.25) is 5.91 Å². The zero-order chi connectivity index (χ0) is 19.9. The Morgan fingerprint density at radius 2 is 2.07 bits per heavy atom. The Bertz CT molecular complexity index is 953. The van der Waals surface area contributed by atoms with Crippen molar-refractivity contribution >= 4 is 29.7 Å². The summed E-state index contributed by atoms with van der Waals surface area (Å²) in [5.74, 6) is -3.03. The number of alkyl halides is 3. The van der Waals surface area contributed by atoms with E-state index in [-0.39, 0.29) is 34.7 Å². The van der Waals surface area contributed by atoms with E-state index in [2.05, 4.69) is 4.98 Å². The van der Waals surface area contributed by atoms with Crippen molar-refractivity contribution < 1.29 is 26.7 Å². The quantitative estimate of drug-likeness (QED) is 0.441. The summed E-state index contributed by atoms with van der Waals surface area (Å²) < 4.78 is 66.8. The number of rotatable bonds is 4. The number of aromatic amines is 1. The van der Waals surface area contributed by atoms with E-state index in [9.17, 15) is 26.7 Å². The fraction of sp³-hybridized carbons (Fsp3) is 0.375. The van der Waals surface area contributed by atoms with Crippen molar-refractivity contribution in [3.05, 3.63) is 50.5 Å². The number of aromatic nitrogens is 2. The van der Waals surface area contributed by atoms with Gasteiger partial charge >= 0.3 is 6.18 Å². The molecule has 4 nitrogen and oxygen atoms in total. The van der Waals surface area contributed by atoms with Gasteiger partial charge in [-0.15, -0.1) is 0 Å². The number of amides is 1. The minimum Gasteiger partial charge on any atom is -0.347 e. The molecular formula is C16H13ClF5N3OS. The highest BCUT2D eigenvalue weighted by molar-refractivity contribution is 7.71. The second-order valence-electron chi connectivity index (χ2n) is 6.19. The smallest absolute Gasteiger partial charge is 0.347 e. The molecule has 0 aliphatic carbocycles. The monoisotopic (exact) mass is 425 g/mol. The number of imidazole rings is 1. The lowest BCUT2D eigenvalue weighted by Crippen LogP contribution is -2.34. The van der Waals surface area contributed by atoms with Crippen molar-refractivity contribution in [2.45, 2.75) is 31.5 Å². The van der Waals surface area contributed by atoms with Crippen LogP contribution in [0.15, 0.2) is 12.1 Å². The molecule has 2 heterocycles. The van der Waals surface area contributed by atoms with Crippen LogP contribution in [0.4, 0.5) is 22.0 Å². The molecule has 1 aromatic heterocycles. The Balaban J connectivity index is 1.81. The van der Waals surface area contributed by atoms with E-state index in [1.165, 1.54) is 0 Å². The van der Waals surface area contributed by atoms with Gasteiger partial charge in [-0.05, 0) is 30.8 Å². The lowest BCUT2D eigenvalue weighted by atomic mass is 9.95. The molecule has 1 aromatic carbocycles. The van der Waals surface area contributed by atoms with Gasteiger partial charge in [-0.1, -0.05) is 11.6 Å². The summed E-state index contributed by atoms with van der Waals surface area (Å²) in [5, 5.41) is 1.57. The number of fused-ring (bicyclic) bond motifs is 1. The average Bonchev–Trinajstić information content (AvgIpc) is 3.11. The first kappa shape index (κ1) is 19.8. The Hall–Kier alpha value is -1.94. The number of hydrogen-bond acceptors (Lipinski definition) is 2. The molecule has 146 valence electrons. The van der Waals surface area contributed by atoms with E-state index < -0.39 is 36.2 Å². The number of halogens is 6. The molecule has 1 amide bonds. The fourth-order valence-electron chi connectivity index (χ4n) is 3.18. The highest BCUT2D eigenvalue weighted by Gasteiger charge is 2.32. The van der Waals surface area contributed by atoms with Gasteiger partial charge in [-0.25, -0.2) is 8.78 Å². The third-order valence-corrected chi connectivity index (χ3v) is 4.95. The van der Waals surface area contributed by atoms with Crippen molar-refractivity contribution in [1.29, 1.82) is 0 Å². The number of nitrogens with zero attached hydrogens (tertiary/aromatic N) is 1. The van der Waals surface area contributed by atoms with Crippen LogP contribution >= 0.6 is 23.8 Å². The van der Waals surface area contributed by atoms with Gasteiger partial charge in [0.15, 0.2) is 4.77 Å². The zero-order valence-corrected chi connectivity index (χ0v) is 15.2. The first-order valence-corrected chi connectivity index (χ1v) is 8.63. The standard InChI is InChI=1S/C16H13ClF5N3OS/c17-8-1-2-9(18)13(14(8)19)7-3-11-10(24-15(27)25(11)5-7)4-12(26)23-6-16(20,21)22/h1-2,7H,3-6H2,(H,23,26)(H,24,27)/t7-/m1/s1. The second-order valence-corrected chi connectivity index (χ2v) is 6.99. The molecule has 0 bridgehead atoms. The molecule has 27 heavy (non-hydrogen) atoms. The maximum atomic E-state index is 14.3. The predicted octanol–water partition coefficient (Wildman–Crippen LogP) is 4.04. The summed E-state index contributed by atoms with van der Waals surface area (Å²) in [6, 6.07) is 2.19. The van der Waals surface area contributed by atoms with Gasteiger partial charge in [-0.3, -0.25) is 4.79 Å². The molecule has 0 saturated heterocycles. The lowest BCUT2D eigenvalue weighted by Gasteiger charge is -2.13. The summed E-state index contributed by atoms with van der Waals surface area (Å²) in [4.78, 5) is 14.5. The molecule has 1 aliphatic heterocycles. The zero-order valence-electron chi connectivity index (χ0n) is 13.6. The van der Waals surface area contributed by atoms with Crippen LogP contribution in [0.5, 0.6) is 0 Å². The van der Waals surface area contributed by atoms with Crippen LogP contribution in [0.3, 0.4) is 0 Å². The molecule has 0 radical (unpaired) electrons. The first-order valence-electron chi connectivity index (χ1n) is 7.84. The minimum absolute atomic E-state index is 0.170. The van der Waals surface area contributed by atoms with E-state index in [0.29, 0.717) is 11.4 Å². The topological polar surface area (TPSA) is 49.8 Å². The average molecular weight is 426 g/mol. The molecule has 2 N–H and O–H groups in total. The maximum Gasteiger partial charge on any atom is 0.405 e. The number of nitrogens with one attached hydrogen (secondary N) is 2. The van der Waals surface area contributed by atoms with Gasteiger partial charge in [0.1, 0.15) is 18.2 Å². The fourth-order valence-corrected chi connectivity index (χ4v) is 3.65. The molecule has 11 heteroatoms. The third-order valence-electron chi connectivity index (χ3n) is 4.33. The number of hydrogen-bond donors (Lipinski definition) is 2. The molecule has 0 unspecified atom stereocenters. The van der Waals surface area contributed by atoms with Gasteiger partial charge in [0.25, 0.3) is 0 Å². The molecule has 0 saturated carbocycles. The third kappa shape index (κ3) is 4.16. The highest BCUT2D eigenvalue weighted by Crippen LogP contribution is 2.36. The van der Waals surface area contributed by atoms with Gasteiger partial charge in [0, 0.05) is 29.4 Å². The Morgan fingerprint density at radius 1 is 1.37 bits per heavy atom. The van der Waals surface area contributed by atoms with Crippen LogP contribution < -0.4 is 5.32 Å². The van der Waals surface area contributed by atoms with Gasteiger partial charge in [0.05, 0.1) is 11.4 Å². The lowest BCUT2D eigenvalue weighted by molar-refractivity contribution is -0.138. The van der Waals surface area contributed by atoms with Crippen LogP contribution in [0, 0.1) is 16.4 Å². The van der Waals surface area contributed by atoms with Crippen molar-refractivity contribution in [1.82, 2.24) is 14.9 Å². The van der Waals surface area contributed by atoms with Crippen LogP contribution in [-0.4, -0.2) is 28.2 Å². The van der Waals surface area contributed by atoms with E-state index in [0.717, 1.165) is 12.1 Å². The summed E-state index contributed by atoms with van der Waals surface area (Å²) in [5.41, 5.74) is 0.684. The van der Waals surface area contributed by atoms with Gasteiger partial charge < -0.3 is 14.9 Å². The minimum atomic E-state index is -4.52. The molecule has 0 spiro atoms. The summed E-state index contributed by atoms with van der Waals surface area (Å²) in [6.07, 6.45) is -4.70. The second kappa shape index (κ2) is 7.23. The molecule has 2 aromatic rings. The van der Waals surface area contributed by atoms with E-state index in [1.807, 2.05) is 0 Å². The van der Waals surface area contributed by atoms with Crippen LogP contribution in [-0.2, 0) is 24.2 Å². The molecule has 1 aliphatic rings. The molecule has 1 atom stereocenters. The Kier molecular flexibility index (Phi) is 5.31. The van der Waals surface area contributed by atoms with Crippen molar-refractivity contribution in [2.75, 3.05) is 6.54 Å². The molecule has 3 rings (SSSR count). The SMILES string of the molecule is O=C(Cc1[nH]c(=S)n2c1C[C@@H](c1c(F)ccc(Cl)c1F)C2)NCC(F)(F)F. The van der Waals surface area contributed by atoms with E-state index in [1.54, 1.807) is 9.88 Å². The predicted molar refractivity (Wildman–Crippen MR) is 90.2 cm³/mol. The van der Waals surface area contributed by atoms with Crippen LogP contribution in [0.2, 0.25) is 5.02 Å². The maximum absolute atomic E-state index is 14.3.